The summed E-state index contributed by atoms with van der Waals surface area (Å²) >= 11 is 5.89. The number of carbonyl (C=O) groups is 1. The van der Waals surface area contributed by atoms with E-state index in [2.05, 4.69) is 12.2 Å². The number of nitrogens with one attached hydrogen (secondary N) is 1. The van der Waals surface area contributed by atoms with Gasteiger partial charge in [0.25, 0.3) is 0 Å². The van der Waals surface area contributed by atoms with Crippen LogP contribution < -0.4 is 5.32 Å². The lowest BCUT2D eigenvalue weighted by molar-refractivity contribution is -0.0980. The molecule has 0 aromatic rings. The first kappa shape index (κ1) is 27.9. The maximum Gasteiger partial charge on any atom is 0.511 e. The van der Waals surface area contributed by atoms with Crippen LogP contribution in [-0.2, 0) is 14.8 Å². The molecule has 5 nitrogen and oxygen atoms in total. The quantitative estimate of drug-likeness (QED) is 0.647. The van der Waals surface area contributed by atoms with E-state index in [1.54, 1.807) is 6.08 Å². The number of rotatable bonds is 3. The zero-order chi connectivity index (χ0) is 22.7. The van der Waals surface area contributed by atoms with Crippen molar-refractivity contribution in [1.82, 2.24) is 9.62 Å². The van der Waals surface area contributed by atoms with Gasteiger partial charge in [-0.05, 0) is 19.3 Å². The molecule has 1 heterocycles. The van der Waals surface area contributed by atoms with Gasteiger partial charge in [-0.1, -0.05) is 63.6 Å². The van der Waals surface area contributed by atoms with E-state index < -0.39 is 22.1 Å². The predicted octanol–water partition coefficient (Wildman–Crippen LogP) is 4.95. The summed E-state index contributed by atoms with van der Waals surface area (Å²) in [5, 5.41) is 3.18. The molecule has 0 amide bonds. The Morgan fingerprint density at radius 2 is 1.83 bits per heavy atom. The minimum absolute atomic E-state index is 0.0921. The molecule has 1 saturated heterocycles. The van der Waals surface area contributed by atoms with Crippen LogP contribution in [0.1, 0.15) is 59.3 Å². The van der Waals surface area contributed by atoms with Crippen molar-refractivity contribution in [2.24, 2.45) is 5.92 Å². The molecule has 0 bridgehead atoms. The molecular formula is C19H32ClF3N2O3S. The highest BCUT2D eigenvalue weighted by Gasteiger charge is 2.50. The Hall–Kier alpha value is -1.06. The number of allylic oxidation sites excluding steroid dienone is 2. The first-order valence-corrected chi connectivity index (χ1v) is 11.5. The summed E-state index contributed by atoms with van der Waals surface area (Å²) in [4.78, 5) is 8.00. The lowest BCUT2D eigenvalue weighted by Gasteiger charge is -2.21. The molecule has 10 heteroatoms. The summed E-state index contributed by atoms with van der Waals surface area (Å²) in [5.41, 5.74) is -4.36. The highest BCUT2D eigenvalue weighted by atomic mass is 35.5. The molecule has 1 aliphatic heterocycles. The number of hydrogen-bond acceptors (Lipinski definition) is 4. The first-order chi connectivity index (χ1) is 13.5. The van der Waals surface area contributed by atoms with Gasteiger partial charge in [-0.25, -0.2) is 8.42 Å². The standard InChI is InChI=1S/C11H16ClF3N2O2S.C7H14.CH2O/c1-3-4-10-9(8(2)12)7-17(6-5-16-10)20(18,19)11(13,14)15;1-2-7-5-3-4-6-7;1-2/h4,16H,3,5-7H2,1-2H3;7H,2-6H2,1H3;1H2/b9-8+,10-4+;;. The van der Waals surface area contributed by atoms with Gasteiger partial charge in [0.15, 0.2) is 0 Å². The lowest BCUT2D eigenvalue weighted by atomic mass is 10.1. The Balaban J connectivity index is 0.000000722. The summed E-state index contributed by atoms with van der Waals surface area (Å²) in [6.07, 6.45) is 9.86. The van der Waals surface area contributed by atoms with Gasteiger partial charge < -0.3 is 10.1 Å². The van der Waals surface area contributed by atoms with Crippen molar-refractivity contribution < 1.29 is 26.4 Å². The number of alkyl halides is 3. The number of halogens is 4. The van der Waals surface area contributed by atoms with E-state index in [0.29, 0.717) is 22.0 Å². The molecule has 2 aliphatic rings. The molecule has 1 N–H and O–H groups in total. The molecule has 0 unspecified atom stereocenters. The van der Waals surface area contributed by atoms with Crippen molar-refractivity contribution in [1.29, 1.82) is 0 Å². The Morgan fingerprint density at radius 1 is 1.28 bits per heavy atom. The van der Waals surface area contributed by atoms with Gasteiger partial charge in [-0.15, -0.1) is 0 Å². The molecule has 29 heavy (non-hydrogen) atoms. The zero-order valence-corrected chi connectivity index (χ0v) is 18.9. The molecule has 0 radical (unpaired) electrons. The average Bonchev–Trinajstić information content (AvgIpc) is 3.09. The molecule has 1 aliphatic carbocycles. The first-order valence-electron chi connectivity index (χ1n) is 9.69. The van der Waals surface area contributed by atoms with Crippen LogP contribution in [0.2, 0.25) is 0 Å². The molecule has 0 atom stereocenters. The fourth-order valence-corrected chi connectivity index (χ4v) is 4.31. The predicted molar refractivity (Wildman–Crippen MR) is 111 cm³/mol. The van der Waals surface area contributed by atoms with Crippen LogP contribution in [0.25, 0.3) is 0 Å². The summed E-state index contributed by atoms with van der Waals surface area (Å²) in [7, 11) is -5.35. The summed E-state index contributed by atoms with van der Waals surface area (Å²) in [5.74, 6) is 1.10. The molecule has 0 aromatic heterocycles. The van der Waals surface area contributed by atoms with Crippen LogP contribution in [0.15, 0.2) is 22.4 Å². The van der Waals surface area contributed by atoms with Crippen molar-refractivity contribution in [2.75, 3.05) is 19.6 Å². The van der Waals surface area contributed by atoms with E-state index in [-0.39, 0.29) is 18.1 Å². The fourth-order valence-electron chi connectivity index (χ4n) is 3.23. The maximum atomic E-state index is 12.6. The SMILES string of the molecule is C=O.CC/C=C1/NCCN(S(=O)(=O)C(F)(F)F)C/C1=C(/C)Cl.CCC1CCCC1. The van der Waals surface area contributed by atoms with Crippen LogP contribution in [-0.4, -0.2) is 44.7 Å². The van der Waals surface area contributed by atoms with Crippen molar-refractivity contribution in [2.45, 2.75) is 64.8 Å². The monoisotopic (exact) mass is 460 g/mol. The minimum Gasteiger partial charge on any atom is -0.384 e. The summed E-state index contributed by atoms with van der Waals surface area (Å²) in [6.45, 7) is 7.12. The lowest BCUT2D eigenvalue weighted by Crippen LogP contribution is -2.42. The molecule has 1 saturated carbocycles. The van der Waals surface area contributed by atoms with Crippen molar-refractivity contribution in [3.05, 3.63) is 22.4 Å². The minimum atomic E-state index is -5.35. The number of carbonyl (C=O) groups excluding carboxylic acids is 1. The maximum absolute atomic E-state index is 12.6. The fraction of sp³-hybridized carbons (Fsp3) is 0.737. The van der Waals surface area contributed by atoms with E-state index in [9.17, 15) is 21.6 Å². The average molecular weight is 461 g/mol. The Morgan fingerprint density at radius 3 is 2.21 bits per heavy atom. The van der Waals surface area contributed by atoms with E-state index in [0.717, 1.165) is 5.92 Å². The molecular weight excluding hydrogens is 429 g/mol. The topological polar surface area (TPSA) is 66.5 Å². The van der Waals surface area contributed by atoms with Crippen LogP contribution in [0.4, 0.5) is 13.2 Å². The van der Waals surface area contributed by atoms with Gasteiger partial charge in [0.05, 0.1) is 0 Å². The van der Waals surface area contributed by atoms with E-state index in [1.165, 1.54) is 39.0 Å². The third kappa shape index (κ3) is 8.68. The zero-order valence-electron chi connectivity index (χ0n) is 17.3. The van der Waals surface area contributed by atoms with Gasteiger partial charge in [-0.3, -0.25) is 0 Å². The largest absolute Gasteiger partial charge is 0.511 e. The number of hydrogen-bond donors (Lipinski definition) is 1. The van der Waals surface area contributed by atoms with Crippen molar-refractivity contribution >= 4 is 28.4 Å². The molecule has 2 rings (SSSR count). The normalized spacial score (nSPS) is 22.0. The Bertz CT molecular complexity index is 654. The van der Waals surface area contributed by atoms with Gasteiger partial charge in [0.2, 0.25) is 0 Å². The second-order valence-corrected chi connectivity index (χ2v) is 9.30. The third-order valence-corrected chi connectivity index (χ3v) is 6.65. The second kappa shape index (κ2) is 13.3. The van der Waals surface area contributed by atoms with Gasteiger partial charge in [-0.2, -0.15) is 17.5 Å². The molecule has 2 fully saturated rings. The highest BCUT2D eigenvalue weighted by molar-refractivity contribution is 7.90. The Labute approximate surface area is 177 Å². The molecule has 0 spiro atoms. The van der Waals surface area contributed by atoms with Gasteiger partial charge >= 0.3 is 15.5 Å². The van der Waals surface area contributed by atoms with Crippen molar-refractivity contribution in [3.8, 4) is 0 Å². The van der Waals surface area contributed by atoms with Crippen LogP contribution >= 0.6 is 11.6 Å². The third-order valence-electron chi connectivity index (χ3n) is 4.84. The van der Waals surface area contributed by atoms with Crippen LogP contribution in [0, 0.1) is 5.92 Å². The second-order valence-electron chi connectivity index (χ2n) is 6.81. The Kier molecular flexibility index (Phi) is 12.8. The highest BCUT2D eigenvalue weighted by Crippen LogP contribution is 2.30. The molecule has 170 valence electrons. The van der Waals surface area contributed by atoms with Crippen LogP contribution in [0.3, 0.4) is 0 Å². The molecule has 0 aromatic carbocycles. The summed E-state index contributed by atoms with van der Waals surface area (Å²) < 4.78 is 61.2. The number of sulfonamides is 1. The van der Waals surface area contributed by atoms with Crippen molar-refractivity contribution in [3.63, 3.8) is 0 Å². The van der Waals surface area contributed by atoms with Gasteiger partial charge in [0, 0.05) is 35.9 Å². The van der Waals surface area contributed by atoms with E-state index in [1.807, 2.05) is 13.7 Å². The van der Waals surface area contributed by atoms with Crippen LogP contribution in [0.5, 0.6) is 0 Å². The van der Waals surface area contributed by atoms with E-state index in [4.69, 9.17) is 16.4 Å². The number of nitrogens with zero attached hydrogens (tertiary/aromatic N) is 1. The summed E-state index contributed by atoms with van der Waals surface area (Å²) in [6, 6.07) is 0. The van der Waals surface area contributed by atoms with Gasteiger partial charge in [0.1, 0.15) is 6.79 Å². The smallest absolute Gasteiger partial charge is 0.384 e. The van der Waals surface area contributed by atoms with E-state index >= 15 is 0 Å².